The molecule has 1 aromatic heterocycles. The van der Waals surface area contributed by atoms with Crippen molar-refractivity contribution in [2.45, 2.75) is 13.8 Å². The number of aromatic hydroxyl groups is 2. The van der Waals surface area contributed by atoms with E-state index in [1.807, 2.05) is 105 Å². The third-order valence-electron chi connectivity index (χ3n) is 6.04. The van der Waals surface area contributed by atoms with Crippen molar-refractivity contribution < 1.29 is 10.2 Å². The maximum Gasteiger partial charge on any atom is 0.123 e. The highest BCUT2D eigenvalue weighted by Crippen LogP contribution is 2.39. The monoisotopic (exact) mass is 443 g/mol. The Labute approximate surface area is 199 Å². The summed E-state index contributed by atoms with van der Waals surface area (Å²) in [5.74, 6) is 0.490. The van der Waals surface area contributed by atoms with E-state index in [1.54, 1.807) is 12.1 Å². The topological polar surface area (TPSA) is 53.4 Å². The highest BCUT2D eigenvalue weighted by atomic mass is 16.3. The van der Waals surface area contributed by atoms with E-state index in [4.69, 9.17) is 4.98 Å². The largest absolute Gasteiger partial charge is 0.507 e. The number of hydrogen-bond donors (Lipinski definition) is 2. The average Bonchev–Trinajstić information content (AvgIpc) is 2.87. The van der Waals surface area contributed by atoms with Crippen molar-refractivity contribution in [3.05, 3.63) is 114 Å². The third-order valence-corrected chi connectivity index (χ3v) is 6.04. The molecule has 0 amide bonds. The molecular weight excluding hydrogens is 418 g/mol. The highest BCUT2D eigenvalue weighted by Gasteiger charge is 2.15. The second kappa shape index (κ2) is 8.87. The molecule has 0 unspecified atom stereocenters. The lowest BCUT2D eigenvalue weighted by Crippen LogP contribution is -1.93. The van der Waals surface area contributed by atoms with Crippen molar-refractivity contribution in [2.75, 3.05) is 0 Å². The lowest BCUT2D eigenvalue weighted by atomic mass is 9.94. The average molecular weight is 444 g/mol. The lowest BCUT2D eigenvalue weighted by molar-refractivity contribution is 0.476. The normalized spacial score (nSPS) is 10.9. The van der Waals surface area contributed by atoms with Crippen molar-refractivity contribution in [3.8, 4) is 56.3 Å². The second-order valence-corrected chi connectivity index (χ2v) is 8.54. The molecule has 0 spiro atoms. The molecule has 0 bridgehead atoms. The molecule has 0 atom stereocenters. The number of hydrogen-bond acceptors (Lipinski definition) is 3. The smallest absolute Gasteiger partial charge is 0.123 e. The molecule has 0 fully saturated rings. The predicted molar refractivity (Wildman–Crippen MR) is 139 cm³/mol. The fourth-order valence-corrected chi connectivity index (χ4v) is 4.35. The van der Waals surface area contributed by atoms with Crippen LogP contribution in [0.25, 0.3) is 44.8 Å². The first-order chi connectivity index (χ1) is 16.5. The van der Waals surface area contributed by atoms with Crippen LogP contribution < -0.4 is 0 Å². The Kier molecular flexibility index (Phi) is 5.60. The van der Waals surface area contributed by atoms with Crippen LogP contribution in [0.2, 0.25) is 0 Å². The summed E-state index contributed by atoms with van der Waals surface area (Å²) < 4.78 is 0. The summed E-state index contributed by atoms with van der Waals surface area (Å²) in [4.78, 5) is 5.03. The fraction of sp³-hybridized carbons (Fsp3) is 0.0645. The number of phenols is 2. The Hall–Kier alpha value is -4.37. The van der Waals surface area contributed by atoms with Gasteiger partial charge in [0.1, 0.15) is 11.5 Å². The van der Waals surface area contributed by atoms with Crippen LogP contribution in [0.15, 0.2) is 103 Å². The standard InChI is InChI=1S/C31H25NO2/c1-20-14-16-30(33)26(18-20)22-8-3-5-10-24(22)28-12-7-13-29(32-28)25-11-6-4-9-23(25)27-19-21(2)15-17-31(27)34/h3-19,33-34H,1-2H3. The van der Waals surface area contributed by atoms with E-state index in [2.05, 4.69) is 0 Å². The van der Waals surface area contributed by atoms with Gasteiger partial charge in [-0.2, -0.15) is 0 Å². The minimum absolute atomic E-state index is 0.245. The molecule has 2 N–H and O–H groups in total. The van der Waals surface area contributed by atoms with E-state index >= 15 is 0 Å². The van der Waals surface area contributed by atoms with Gasteiger partial charge in [0, 0.05) is 22.3 Å². The molecular formula is C31H25NO2. The quantitative estimate of drug-likeness (QED) is 0.298. The summed E-state index contributed by atoms with van der Waals surface area (Å²) in [6, 6.07) is 33.2. The molecule has 0 aliphatic heterocycles. The van der Waals surface area contributed by atoms with Gasteiger partial charge in [0.2, 0.25) is 0 Å². The van der Waals surface area contributed by atoms with Crippen molar-refractivity contribution in [2.24, 2.45) is 0 Å². The van der Waals surface area contributed by atoms with E-state index in [0.29, 0.717) is 0 Å². The van der Waals surface area contributed by atoms with Crippen molar-refractivity contribution in [1.82, 2.24) is 4.98 Å². The van der Waals surface area contributed by atoms with E-state index < -0.39 is 0 Å². The van der Waals surface area contributed by atoms with Gasteiger partial charge >= 0.3 is 0 Å². The highest BCUT2D eigenvalue weighted by molar-refractivity contribution is 5.88. The van der Waals surface area contributed by atoms with Gasteiger partial charge in [-0.15, -0.1) is 0 Å². The van der Waals surface area contributed by atoms with E-state index in [-0.39, 0.29) is 11.5 Å². The van der Waals surface area contributed by atoms with Gasteiger partial charge < -0.3 is 10.2 Å². The van der Waals surface area contributed by atoms with Crippen LogP contribution in [0.3, 0.4) is 0 Å². The molecule has 5 rings (SSSR count). The molecule has 0 saturated carbocycles. The number of nitrogens with zero attached hydrogens (tertiary/aromatic N) is 1. The Morgan fingerprint density at radius 2 is 0.853 bits per heavy atom. The summed E-state index contributed by atoms with van der Waals surface area (Å²) in [7, 11) is 0. The minimum Gasteiger partial charge on any atom is -0.507 e. The summed E-state index contributed by atoms with van der Waals surface area (Å²) in [6.45, 7) is 4.03. The van der Waals surface area contributed by atoms with Gasteiger partial charge in [-0.3, -0.25) is 0 Å². The van der Waals surface area contributed by atoms with Gasteiger partial charge in [0.25, 0.3) is 0 Å². The maximum atomic E-state index is 10.6. The number of aromatic nitrogens is 1. The van der Waals surface area contributed by atoms with Crippen LogP contribution in [0, 0.1) is 13.8 Å². The van der Waals surface area contributed by atoms with Crippen molar-refractivity contribution >= 4 is 0 Å². The van der Waals surface area contributed by atoms with Crippen LogP contribution in [0.1, 0.15) is 11.1 Å². The zero-order valence-corrected chi connectivity index (χ0v) is 19.2. The summed E-state index contributed by atoms with van der Waals surface area (Å²) >= 11 is 0. The summed E-state index contributed by atoms with van der Waals surface area (Å²) in [5, 5.41) is 21.1. The zero-order valence-electron chi connectivity index (χ0n) is 19.2. The number of rotatable bonds is 4. The molecule has 0 radical (unpaired) electrons. The Bertz CT molecular complexity index is 1390. The van der Waals surface area contributed by atoms with Crippen LogP contribution in [0.5, 0.6) is 11.5 Å². The van der Waals surface area contributed by atoms with Crippen LogP contribution >= 0.6 is 0 Å². The first kappa shape index (κ1) is 21.5. The number of phenolic OH excluding ortho intramolecular Hbond substituents is 2. The van der Waals surface area contributed by atoms with Crippen LogP contribution in [0.4, 0.5) is 0 Å². The van der Waals surface area contributed by atoms with Crippen molar-refractivity contribution in [1.29, 1.82) is 0 Å². The van der Waals surface area contributed by atoms with Gasteiger partial charge in [-0.25, -0.2) is 4.98 Å². The molecule has 0 saturated heterocycles. The van der Waals surface area contributed by atoms with Crippen LogP contribution in [-0.4, -0.2) is 15.2 Å². The molecule has 4 aromatic carbocycles. The SMILES string of the molecule is Cc1ccc(O)c(-c2ccccc2-c2cccc(-c3ccccc3-c3cc(C)ccc3O)n2)c1. The zero-order chi connectivity index (χ0) is 23.7. The Morgan fingerprint density at radius 3 is 1.29 bits per heavy atom. The minimum atomic E-state index is 0.245. The Morgan fingerprint density at radius 1 is 0.441 bits per heavy atom. The van der Waals surface area contributed by atoms with E-state index in [0.717, 1.165) is 55.9 Å². The summed E-state index contributed by atoms with van der Waals surface area (Å²) in [6.07, 6.45) is 0. The predicted octanol–water partition coefficient (Wildman–Crippen LogP) is 7.78. The molecule has 34 heavy (non-hydrogen) atoms. The maximum absolute atomic E-state index is 10.6. The molecule has 1 heterocycles. The molecule has 0 aliphatic carbocycles. The molecule has 166 valence electrons. The first-order valence-electron chi connectivity index (χ1n) is 11.3. The number of benzene rings is 4. The van der Waals surface area contributed by atoms with Crippen LogP contribution in [-0.2, 0) is 0 Å². The molecule has 3 nitrogen and oxygen atoms in total. The summed E-state index contributed by atoms with van der Waals surface area (Å²) in [5.41, 5.74) is 9.11. The molecule has 0 aliphatic rings. The van der Waals surface area contributed by atoms with Gasteiger partial charge in [-0.05, 0) is 61.4 Å². The lowest BCUT2D eigenvalue weighted by Gasteiger charge is -2.14. The fourth-order valence-electron chi connectivity index (χ4n) is 4.35. The Balaban J connectivity index is 1.66. The van der Waals surface area contributed by atoms with Gasteiger partial charge in [0.05, 0.1) is 11.4 Å². The first-order valence-corrected chi connectivity index (χ1v) is 11.3. The van der Waals surface area contributed by atoms with E-state index in [1.165, 1.54) is 0 Å². The molecule has 5 aromatic rings. The van der Waals surface area contributed by atoms with Gasteiger partial charge in [-0.1, -0.05) is 77.9 Å². The van der Waals surface area contributed by atoms with E-state index in [9.17, 15) is 10.2 Å². The molecule has 3 heteroatoms. The number of aryl methyl sites for hydroxylation is 2. The number of pyridine rings is 1. The van der Waals surface area contributed by atoms with Gasteiger partial charge in [0.15, 0.2) is 0 Å². The third kappa shape index (κ3) is 4.04. The second-order valence-electron chi connectivity index (χ2n) is 8.54. The van der Waals surface area contributed by atoms with Crippen molar-refractivity contribution in [3.63, 3.8) is 0 Å².